The second kappa shape index (κ2) is 10.5. The molecule has 2 N–H and O–H groups in total. The summed E-state index contributed by atoms with van der Waals surface area (Å²) >= 11 is 8.14. The molecule has 1 saturated heterocycles. The van der Waals surface area contributed by atoms with Crippen LogP contribution in [0, 0.1) is 5.41 Å². The van der Waals surface area contributed by atoms with Gasteiger partial charge in [-0.3, -0.25) is 19.3 Å². The minimum absolute atomic E-state index is 0.0271. The van der Waals surface area contributed by atoms with Gasteiger partial charge < -0.3 is 10.6 Å². The summed E-state index contributed by atoms with van der Waals surface area (Å²) in [4.78, 5) is 39.0. The maximum absolute atomic E-state index is 13.3. The van der Waals surface area contributed by atoms with E-state index in [0.717, 1.165) is 54.5 Å². The second-order valence-electron chi connectivity index (χ2n) is 10.6. The highest BCUT2D eigenvalue weighted by molar-refractivity contribution is 7.99. The molecule has 11 heteroatoms. The first-order valence-electron chi connectivity index (χ1n) is 13.5. The Kier molecular flexibility index (Phi) is 6.69. The number of aromatic nitrogens is 6. The highest BCUT2D eigenvalue weighted by atomic mass is 35.5. The lowest BCUT2D eigenvalue weighted by Gasteiger charge is -2.42. The fraction of sp³-hybridized carbons (Fsp3) is 0.267. The van der Waals surface area contributed by atoms with Gasteiger partial charge in [0.2, 0.25) is 0 Å². The van der Waals surface area contributed by atoms with Crippen LogP contribution in [0.25, 0.3) is 10.9 Å². The van der Waals surface area contributed by atoms with Crippen LogP contribution < -0.4 is 16.2 Å². The van der Waals surface area contributed by atoms with Gasteiger partial charge in [0.15, 0.2) is 0 Å². The molecule has 206 valence electrons. The standard InChI is InChI=1S/C30H27ClN8OS/c31-27-23(7-6-21-26(27)29(40)39(18-37-21)17-19-4-1-2-10-33-19)41-25-16-35-24(15-36-25)38-12-8-30(9-13-38)14-22-20(28(30)32)5-3-11-34-22/h1-7,10-11,15-16,18,28H,8-9,12-14,17,32H2/t28-/m0/s1. The zero-order chi connectivity index (χ0) is 28.0. The minimum atomic E-state index is -0.210. The molecular formula is C30H27ClN8OS. The van der Waals surface area contributed by atoms with E-state index < -0.39 is 0 Å². The molecule has 9 nitrogen and oxygen atoms in total. The van der Waals surface area contributed by atoms with Crippen LogP contribution in [-0.4, -0.2) is 42.6 Å². The van der Waals surface area contributed by atoms with E-state index in [1.165, 1.54) is 28.2 Å². The van der Waals surface area contributed by atoms with Gasteiger partial charge in [0.1, 0.15) is 10.8 Å². The van der Waals surface area contributed by atoms with E-state index in [1.807, 2.05) is 48.8 Å². The third-order valence-electron chi connectivity index (χ3n) is 8.31. The number of anilines is 1. The Morgan fingerprint density at radius 1 is 0.976 bits per heavy atom. The summed E-state index contributed by atoms with van der Waals surface area (Å²) in [6.07, 6.45) is 11.6. The van der Waals surface area contributed by atoms with E-state index in [2.05, 4.69) is 30.9 Å². The summed E-state index contributed by atoms with van der Waals surface area (Å²) in [6.45, 7) is 2.06. The number of piperidine rings is 1. The number of nitrogens with zero attached hydrogens (tertiary/aromatic N) is 7. The van der Waals surface area contributed by atoms with Gasteiger partial charge in [-0.05, 0) is 60.6 Å². The van der Waals surface area contributed by atoms with Crippen LogP contribution in [0.2, 0.25) is 5.02 Å². The Labute approximate surface area is 245 Å². The Bertz CT molecular complexity index is 1790. The highest BCUT2D eigenvalue weighted by Gasteiger charge is 2.46. The van der Waals surface area contributed by atoms with Crippen molar-refractivity contribution in [2.75, 3.05) is 18.0 Å². The van der Waals surface area contributed by atoms with Crippen molar-refractivity contribution in [3.8, 4) is 0 Å². The van der Waals surface area contributed by atoms with Crippen molar-refractivity contribution in [3.05, 3.63) is 106 Å². The van der Waals surface area contributed by atoms with Crippen molar-refractivity contribution in [2.24, 2.45) is 11.1 Å². The predicted molar refractivity (Wildman–Crippen MR) is 159 cm³/mol. The van der Waals surface area contributed by atoms with E-state index in [0.29, 0.717) is 27.5 Å². The minimum Gasteiger partial charge on any atom is -0.355 e. The number of rotatable bonds is 5. The van der Waals surface area contributed by atoms with E-state index in [9.17, 15) is 4.79 Å². The van der Waals surface area contributed by atoms with Crippen LogP contribution in [0.3, 0.4) is 0 Å². The molecule has 1 aromatic carbocycles. The van der Waals surface area contributed by atoms with Gasteiger partial charge >= 0.3 is 0 Å². The molecule has 41 heavy (non-hydrogen) atoms. The molecule has 1 fully saturated rings. The SMILES string of the molecule is N[C@H]1c2cccnc2CC12CCN(c1cnc(Sc3ccc4ncn(Cc5ccccn5)c(=O)c4c3Cl)cn1)CC2. The van der Waals surface area contributed by atoms with E-state index in [1.54, 1.807) is 12.4 Å². The summed E-state index contributed by atoms with van der Waals surface area (Å²) in [5, 5.41) is 1.43. The van der Waals surface area contributed by atoms with Crippen LogP contribution in [0.4, 0.5) is 5.82 Å². The number of fused-ring (bicyclic) bond motifs is 2. The van der Waals surface area contributed by atoms with Crippen molar-refractivity contribution >= 4 is 40.1 Å². The van der Waals surface area contributed by atoms with Crippen LogP contribution >= 0.6 is 23.4 Å². The summed E-state index contributed by atoms with van der Waals surface area (Å²) < 4.78 is 1.52. The monoisotopic (exact) mass is 582 g/mol. The third kappa shape index (κ3) is 4.75. The van der Waals surface area contributed by atoms with Gasteiger partial charge in [-0.25, -0.2) is 15.0 Å². The summed E-state index contributed by atoms with van der Waals surface area (Å²) in [5.74, 6) is 0.845. The van der Waals surface area contributed by atoms with Crippen molar-refractivity contribution in [2.45, 2.75) is 41.8 Å². The first-order valence-corrected chi connectivity index (χ1v) is 14.7. The largest absolute Gasteiger partial charge is 0.355 e. The number of halogens is 1. The van der Waals surface area contributed by atoms with Gasteiger partial charge in [0, 0.05) is 42.1 Å². The molecule has 1 spiro atoms. The Morgan fingerprint density at radius 3 is 2.59 bits per heavy atom. The first-order chi connectivity index (χ1) is 20.0. The average Bonchev–Trinajstić information content (AvgIpc) is 3.28. The van der Waals surface area contributed by atoms with E-state index in [4.69, 9.17) is 22.3 Å². The Hall–Kier alpha value is -3.86. The Balaban J connectivity index is 1.06. The molecule has 7 rings (SSSR count). The molecule has 5 heterocycles. The van der Waals surface area contributed by atoms with Crippen LogP contribution in [0.5, 0.6) is 0 Å². The number of pyridine rings is 2. The van der Waals surface area contributed by atoms with Gasteiger partial charge in [-0.15, -0.1) is 0 Å². The first kappa shape index (κ1) is 26.1. The van der Waals surface area contributed by atoms with Crippen molar-refractivity contribution in [1.82, 2.24) is 29.5 Å². The smallest absolute Gasteiger partial charge is 0.263 e. The molecule has 4 aromatic heterocycles. The molecule has 0 radical (unpaired) electrons. The molecular weight excluding hydrogens is 556 g/mol. The number of hydrogen-bond acceptors (Lipinski definition) is 9. The second-order valence-corrected chi connectivity index (χ2v) is 12.1. The molecule has 0 amide bonds. The lowest BCUT2D eigenvalue weighted by Crippen LogP contribution is -2.44. The molecule has 1 aliphatic heterocycles. The van der Waals surface area contributed by atoms with Gasteiger partial charge in [0.05, 0.1) is 46.9 Å². The summed E-state index contributed by atoms with van der Waals surface area (Å²) in [7, 11) is 0. The fourth-order valence-corrected chi connectivity index (χ4v) is 7.13. The normalized spacial score (nSPS) is 17.7. The predicted octanol–water partition coefficient (Wildman–Crippen LogP) is 4.67. The van der Waals surface area contributed by atoms with Gasteiger partial charge in [-0.2, -0.15) is 0 Å². The highest BCUT2D eigenvalue weighted by Crippen LogP contribution is 2.50. The third-order valence-corrected chi connectivity index (χ3v) is 9.79. The lowest BCUT2D eigenvalue weighted by atomic mass is 9.73. The molecule has 0 unspecified atom stereocenters. The van der Waals surface area contributed by atoms with Crippen molar-refractivity contribution in [1.29, 1.82) is 0 Å². The van der Waals surface area contributed by atoms with Crippen LogP contribution in [0.1, 0.15) is 35.8 Å². The molecule has 5 aromatic rings. The number of benzene rings is 1. The van der Waals surface area contributed by atoms with Crippen LogP contribution in [-0.2, 0) is 13.0 Å². The molecule has 0 bridgehead atoms. The molecule has 1 aliphatic carbocycles. The van der Waals surface area contributed by atoms with E-state index >= 15 is 0 Å². The fourth-order valence-electron chi connectivity index (χ4n) is 6.00. The quantitative estimate of drug-likeness (QED) is 0.315. The maximum atomic E-state index is 13.3. The van der Waals surface area contributed by atoms with Crippen molar-refractivity contribution in [3.63, 3.8) is 0 Å². The van der Waals surface area contributed by atoms with Gasteiger partial charge in [0.25, 0.3) is 5.56 Å². The maximum Gasteiger partial charge on any atom is 0.263 e. The zero-order valence-electron chi connectivity index (χ0n) is 22.2. The zero-order valence-corrected chi connectivity index (χ0v) is 23.7. The molecule has 0 saturated carbocycles. The topological polar surface area (TPSA) is 116 Å². The number of hydrogen-bond donors (Lipinski definition) is 1. The number of nitrogens with two attached hydrogens (primary N) is 1. The van der Waals surface area contributed by atoms with Crippen molar-refractivity contribution < 1.29 is 0 Å². The van der Waals surface area contributed by atoms with Crippen LogP contribution in [0.15, 0.2) is 88.3 Å². The van der Waals surface area contributed by atoms with E-state index in [-0.39, 0.29) is 17.0 Å². The van der Waals surface area contributed by atoms with Gasteiger partial charge in [-0.1, -0.05) is 35.5 Å². The summed E-state index contributed by atoms with van der Waals surface area (Å²) in [6, 6.07) is 13.4. The lowest BCUT2D eigenvalue weighted by molar-refractivity contribution is 0.186. The summed E-state index contributed by atoms with van der Waals surface area (Å²) in [5.41, 5.74) is 10.2. The average molecular weight is 583 g/mol. The molecule has 2 aliphatic rings. The molecule has 1 atom stereocenters. The Morgan fingerprint density at radius 2 is 1.83 bits per heavy atom.